The highest BCUT2D eigenvalue weighted by molar-refractivity contribution is 5.81. The van der Waals surface area contributed by atoms with Gasteiger partial charge >= 0.3 is 12.1 Å². The lowest BCUT2D eigenvalue weighted by Crippen LogP contribution is -2.47. The van der Waals surface area contributed by atoms with Crippen molar-refractivity contribution >= 4 is 12.1 Å². The first kappa shape index (κ1) is 23.2. The molecule has 1 N–H and O–H groups in total. The summed E-state index contributed by atoms with van der Waals surface area (Å²) in [5, 5.41) is 2.53. The molecule has 1 aromatic carbocycles. The Kier molecular flexibility index (Phi) is 8.92. The summed E-state index contributed by atoms with van der Waals surface area (Å²) in [6.07, 6.45) is 1.05. The van der Waals surface area contributed by atoms with Gasteiger partial charge in [-0.15, -0.1) is 0 Å². The Labute approximate surface area is 173 Å². The van der Waals surface area contributed by atoms with Crippen molar-refractivity contribution in [3.05, 3.63) is 35.9 Å². The Morgan fingerprint density at radius 1 is 1.24 bits per heavy atom. The smallest absolute Gasteiger partial charge is 0.408 e. The van der Waals surface area contributed by atoms with E-state index in [9.17, 15) is 9.59 Å². The van der Waals surface area contributed by atoms with Gasteiger partial charge in [-0.3, -0.25) is 0 Å². The highest BCUT2D eigenvalue weighted by atomic mass is 16.6. The molecule has 0 unspecified atom stereocenters. The molecular formula is C22H33NO6. The number of carbonyl (C=O) groups is 2. The Morgan fingerprint density at radius 3 is 2.66 bits per heavy atom. The van der Waals surface area contributed by atoms with Crippen LogP contribution >= 0.6 is 0 Å². The van der Waals surface area contributed by atoms with Crippen LogP contribution in [0.3, 0.4) is 0 Å². The number of esters is 1. The molecule has 29 heavy (non-hydrogen) atoms. The van der Waals surface area contributed by atoms with Gasteiger partial charge in [-0.25, -0.2) is 9.59 Å². The van der Waals surface area contributed by atoms with Crippen LogP contribution in [0.2, 0.25) is 0 Å². The number of alkyl carbamates (subject to hydrolysis) is 1. The summed E-state index contributed by atoms with van der Waals surface area (Å²) in [4.78, 5) is 24.4. The number of carbonyl (C=O) groups excluding carboxylic acids is 2. The summed E-state index contributed by atoms with van der Waals surface area (Å²) in [5.41, 5.74) is 0.615. The minimum atomic E-state index is -0.913. The zero-order chi connectivity index (χ0) is 21.3. The zero-order valence-corrected chi connectivity index (χ0v) is 17.8. The van der Waals surface area contributed by atoms with Crippen molar-refractivity contribution in [2.75, 3.05) is 19.8 Å². The van der Waals surface area contributed by atoms with E-state index in [0.717, 1.165) is 12.8 Å². The van der Waals surface area contributed by atoms with Gasteiger partial charge in [0.05, 0.1) is 12.7 Å². The van der Waals surface area contributed by atoms with Crippen molar-refractivity contribution < 1.29 is 28.5 Å². The molecule has 7 heteroatoms. The second kappa shape index (κ2) is 11.2. The average molecular weight is 408 g/mol. The van der Waals surface area contributed by atoms with Crippen LogP contribution in [0.4, 0.5) is 4.79 Å². The first-order valence-corrected chi connectivity index (χ1v) is 10.2. The molecule has 162 valence electrons. The van der Waals surface area contributed by atoms with E-state index >= 15 is 0 Å². The highest BCUT2D eigenvalue weighted by Gasteiger charge is 2.31. The first-order valence-electron chi connectivity index (χ1n) is 10.2. The van der Waals surface area contributed by atoms with Gasteiger partial charge in [-0.2, -0.15) is 0 Å². The van der Waals surface area contributed by atoms with Gasteiger partial charge in [-0.1, -0.05) is 30.3 Å². The number of cyclic esters (lactones) is 1. The standard InChI is InChI=1S/C22H33NO6/c1-16-19(27-13-8-11-17-9-6-5-7-10-17)12-14-26-15-18(20(24)28-16)23-21(25)29-22(2,3)4/h5-7,9-10,16,18-19H,8,11-15H2,1-4H3,(H,23,25)/t16-,18-,19+/m0/s1. The van der Waals surface area contributed by atoms with Crippen molar-refractivity contribution in [3.8, 4) is 0 Å². The molecule has 7 nitrogen and oxygen atoms in total. The first-order chi connectivity index (χ1) is 13.7. The molecule has 0 bridgehead atoms. The second-order valence-corrected chi connectivity index (χ2v) is 8.20. The summed E-state index contributed by atoms with van der Waals surface area (Å²) in [6.45, 7) is 8.09. The van der Waals surface area contributed by atoms with Gasteiger partial charge in [0.25, 0.3) is 0 Å². The predicted octanol–water partition coefficient (Wildman–Crippen LogP) is 3.25. The molecule has 0 aliphatic carbocycles. The Balaban J connectivity index is 1.81. The van der Waals surface area contributed by atoms with Crippen LogP contribution < -0.4 is 5.32 Å². The minimum Gasteiger partial charge on any atom is -0.458 e. The molecule has 1 aliphatic heterocycles. The maximum atomic E-state index is 12.5. The minimum absolute atomic E-state index is 0.0333. The lowest BCUT2D eigenvalue weighted by atomic mass is 10.1. The van der Waals surface area contributed by atoms with E-state index in [1.165, 1.54) is 5.56 Å². The van der Waals surface area contributed by atoms with Crippen molar-refractivity contribution in [2.45, 2.75) is 70.8 Å². The molecule has 1 aromatic rings. The summed E-state index contributed by atoms with van der Waals surface area (Å²) in [6, 6.07) is 9.32. The topological polar surface area (TPSA) is 83.1 Å². The monoisotopic (exact) mass is 407 g/mol. The number of benzene rings is 1. The highest BCUT2D eigenvalue weighted by Crippen LogP contribution is 2.14. The number of nitrogens with one attached hydrogen (secondary N) is 1. The van der Waals surface area contributed by atoms with Crippen molar-refractivity contribution in [3.63, 3.8) is 0 Å². The maximum Gasteiger partial charge on any atom is 0.408 e. The predicted molar refractivity (Wildman–Crippen MR) is 109 cm³/mol. The molecule has 1 heterocycles. The SMILES string of the molecule is C[C@@H]1OC(=O)[C@@H](NC(=O)OC(C)(C)C)COCC[C@H]1OCCCc1ccccc1. The van der Waals surface area contributed by atoms with Crippen LogP contribution in [0.5, 0.6) is 0 Å². The van der Waals surface area contributed by atoms with E-state index < -0.39 is 29.8 Å². The third-order valence-corrected chi connectivity index (χ3v) is 4.42. The maximum absolute atomic E-state index is 12.5. The quantitative estimate of drug-likeness (QED) is 0.576. The number of amides is 1. The van der Waals surface area contributed by atoms with E-state index in [1.807, 2.05) is 18.2 Å². The molecule has 1 fully saturated rings. The van der Waals surface area contributed by atoms with Crippen LogP contribution in [0, 0.1) is 0 Å². The molecule has 1 saturated heterocycles. The normalized spacial score (nSPS) is 23.3. The third-order valence-electron chi connectivity index (χ3n) is 4.42. The van der Waals surface area contributed by atoms with Crippen molar-refractivity contribution in [2.24, 2.45) is 0 Å². The Hall–Kier alpha value is -2.12. The number of hydrogen-bond donors (Lipinski definition) is 1. The zero-order valence-electron chi connectivity index (χ0n) is 17.8. The molecule has 0 saturated carbocycles. The van der Waals surface area contributed by atoms with Crippen molar-refractivity contribution in [1.82, 2.24) is 5.32 Å². The van der Waals surface area contributed by atoms with Gasteiger partial charge in [0.15, 0.2) is 6.04 Å². The summed E-state index contributed by atoms with van der Waals surface area (Å²) >= 11 is 0. The van der Waals surface area contributed by atoms with E-state index in [1.54, 1.807) is 27.7 Å². The fourth-order valence-electron chi connectivity index (χ4n) is 2.97. The summed E-state index contributed by atoms with van der Waals surface area (Å²) in [7, 11) is 0. The number of ether oxygens (including phenoxy) is 4. The lowest BCUT2D eigenvalue weighted by molar-refractivity contribution is -0.158. The third kappa shape index (κ3) is 8.83. The fraction of sp³-hybridized carbons (Fsp3) is 0.636. The molecule has 1 aliphatic rings. The van der Waals surface area contributed by atoms with Crippen LogP contribution in [-0.2, 0) is 30.2 Å². The average Bonchev–Trinajstić information content (AvgIpc) is 2.70. The molecule has 3 atom stereocenters. The molecule has 0 spiro atoms. The Bertz CT molecular complexity index is 642. The van der Waals surface area contributed by atoms with Gasteiger partial charge in [-0.05, 0) is 46.1 Å². The van der Waals surface area contributed by atoms with Crippen molar-refractivity contribution in [1.29, 1.82) is 0 Å². The largest absolute Gasteiger partial charge is 0.458 e. The lowest BCUT2D eigenvalue weighted by Gasteiger charge is -2.25. The van der Waals surface area contributed by atoms with E-state index in [0.29, 0.717) is 19.6 Å². The van der Waals surface area contributed by atoms with Gasteiger partial charge in [0, 0.05) is 19.6 Å². The van der Waals surface area contributed by atoms with Gasteiger partial charge in [0.2, 0.25) is 0 Å². The van der Waals surface area contributed by atoms with Gasteiger partial charge < -0.3 is 24.3 Å². The molecule has 0 aromatic heterocycles. The molecule has 2 rings (SSSR count). The number of aryl methyl sites for hydroxylation is 1. The molecule has 1 amide bonds. The molecule has 0 radical (unpaired) electrons. The van der Waals surface area contributed by atoms with Crippen LogP contribution in [0.25, 0.3) is 0 Å². The van der Waals surface area contributed by atoms with Crippen LogP contribution in [0.15, 0.2) is 30.3 Å². The van der Waals surface area contributed by atoms with E-state index in [2.05, 4.69) is 17.4 Å². The second-order valence-electron chi connectivity index (χ2n) is 8.20. The number of hydrogen-bond acceptors (Lipinski definition) is 6. The number of rotatable bonds is 6. The van der Waals surface area contributed by atoms with E-state index in [4.69, 9.17) is 18.9 Å². The Morgan fingerprint density at radius 2 is 1.97 bits per heavy atom. The fourth-order valence-corrected chi connectivity index (χ4v) is 2.97. The summed E-state index contributed by atoms with van der Waals surface area (Å²) < 4.78 is 22.3. The van der Waals surface area contributed by atoms with Crippen LogP contribution in [-0.4, -0.2) is 55.7 Å². The van der Waals surface area contributed by atoms with Crippen LogP contribution in [0.1, 0.15) is 46.1 Å². The summed E-state index contributed by atoms with van der Waals surface area (Å²) in [5.74, 6) is -0.553. The van der Waals surface area contributed by atoms with Gasteiger partial charge in [0.1, 0.15) is 11.7 Å². The van der Waals surface area contributed by atoms with E-state index in [-0.39, 0.29) is 12.7 Å². The molecular weight excluding hydrogens is 374 g/mol.